The third-order valence-electron chi connectivity index (χ3n) is 5.05. The number of aromatic nitrogens is 4. The molecule has 0 bridgehead atoms. The third-order valence-corrected chi connectivity index (χ3v) is 5.05. The number of amides is 1. The molecule has 1 amide bonds. The molecule has 0 spiro atoms. The average molecular weight is 337 g/mol. The van der Waals surface area contributed by atoms with Crippen LogP contribution in [0, 0.1) is 19.8 Å². The van der Waals surface area contributed by atoms with E-state index in [0.717, 1.165) is 43.6 Å². The van der Waals surface area contributed by atoms with Gasteiger partial charge < -0.3 is 9.30 Å². The van der Waals surface area contributed by atoms with Crippen LogP contribution in [0.1, 0.15) is 40.2 Å². The van der Waals surface area contributed by atoms with Crippen LogP contribution < -0.4 is 0 Å². The van der Waals surface area contributed by atoms with Crippen LogP contribution in [0.4, 0.5) is 0 Å². The Morgan fingerprint density at radius 3 is 3.00 bits per heavy atom. The van der Waals surface area contributed by atoms with Crippen LogP contribution in [0.2, 0.25) is 0 Å². The average Bonchev–Trinajstić information content (AvgIpc) is 3.20. The Labute approximate surface area is 146 Å². The van der Waals surface area contributed by atoms with Crippen LogP contribution in [-0.2, 0) is 6.42 Å². The van der Waals surface area contributed by atoms with Gasteiger partial charge in [0, 0.05) is 31.2 Å². The van der Waals surface area contributed by atoms with Crippen LogP contribution in [0.3, 0.4) is 0 Å². The highest BCUT2D eigenvalue weighted by Gasteiger charge is 2.26. The van der Waals surface area contributed by atoms with Gasteiger partial charge in [-0.15, -0.1) is 0 Å². The molecule has 3 aromatic heterocycles. The maximum absolute atomic E-state index is 12.9. The highest BCUT2D eigenvalue weighted by molar-refractivity contribution is 5.93. The second-order valence-corrected chi connectivity index (χ2v) is 7.09. The molecule has 1 N–H and O–H groups in total. The molecule has 6 heteroatoms. The molecule has 0 saturated carbocycles. The van der Waals surface area contributed by atoms with Gasteiger partial charge in [0.2, 0.25) is 0 Å². The smallest absolute Gasteiger partial charge is 0.274 e. The zero-order valence-electron chi connectivity index (χ0n) is 14.7. The summed E-state index contributed by atoms with van der Waals surface area (Å²) in [5.74, 6) is 0.503. The molecule has 0 aromatic carbocycles. The molecule has 3 aromatic rings. The van der Waals surface area contributed by atoms with E-state index in [2.05, 4.69) is 22.1 Å². The molecular formula is C19H23N5O. The number of hydrogen-bond acceptors (Lipinski definition) is 3. The third kappa shape index (κ3) is 3.16. The minimum Gasteiger partial charge on any atom is -0.337 e. The molecule has 25 heavy (non-hydrogen) atoms. The summed E-state index contributed by atoms with van der Waals surface area (Å²) in [6.45, 7) is 5.70. The van der Waals surface area contributed by atoms with Crippen molar-refractivity contribution in [3.05, 3.63) is 53.2 Å². The molecule has 0 radical (unpaired) electrons. The molecule has 130 valence electrons. The molecular weight excluding hydrogens is 314 g/mol. The van der Waals surface area contributed by atoms with Gasteiger partial charge in [0.25, 0.3) is 5.91 Å². The molecule has 1 atom stereocenters. The number of carbonyl (C=O) groups excluding carboxylic acids is 1. The maximum Gasteiger partial charge on any atom is 0.274 e. The lowest BCUT2D eigenvalue weighted by atomic mass is 9.92. The van der Waals surface area contributed by atoms with Crippen LogP contribution >= 0.6 is 0 Å². The van der Waals surface area contributed by atoms with Gasteiger partial charge in [-0.25, -0.2) is 4.98 Å². The van der Waals surface area contributed by atoms with Gasteiger partial charge in [-0.2, -0.15) is 5.10 Å². The molecule has 6 nitrogen and oxygen atoms in total. The number of aromatic amines is 1. The first-order valence-corrected chi connectivity index (χ1v) is 8.83. The zero-order chi connectivity index (χ0) is 17.4. The van der Waals surface area contributed by atoms with Crippen molar-refractivity contribution in [2.45, 2.75) is 33.1 Å². The lowest BCUT2D eigenvalue weighted by molar-refractivity contribution is 0.0667. The summed E-state index contributed by atoms with van der Waals surface area (Å²) < 4.78 is 1.93. The second-order valence-electron chi connectivity index (χ2n) is 7.09. The minimum atomic E-state index is 0.0346. The number of pyridine rings is 1. The Hall–Kier alpha value is -2.63. The van der Waals surface area contributed by atoms with Crippen LogP contribution in [0.5, 0.6) is 0 Å². The van der Waals surface area contributed by atoms with Gasteiger partial charge in [0.05, 0.1) is 6.20 Å². The van der Waals surface area contributed by atoms with Gasteiger partial charge in [-0.3, -0.25) is 9.89 Å². The van der Waals surface area contributed by atoms with Gasteiger partial charge >= 0.3 is 0 Å². The van der Waals surface area contributed by atoms with E-state index in [1.54, 1.807) is 0 Å². The number of aryl methyl sites for hydroxylation is 2. The van der Waals surface area contributed by atoms with Gasteiger partial charge in [-0.1, -0.05) is 6.07 Å². The molecule has 4 heterocycles. The summed E-state index contributed by atoms with van der Waals surface area (Å²) in [7, 11) is 0. The summed E-state index contributed by atoms with van der Waals surface area (Å²) in [5.41, 5.74) is 4.87. The number of nitrogens with one attached hydrogen (secondary N) is 1. The molecule has 1 aliphatic heterocycles. The van der Waals surface area contributed by atoms with Crippen LogP contribution in [0.25, 0.3) is 5.65 Å². The standard InChI is InChI=1S/C19H23N5O/c1-13-5-6-18-21-17(12-24(18)10-13)19(25)23-7-3-4-15(11-23)8-16-14(2)9-20-22-16/h5-6,9-10,12,15H,3-4,7-8,11H2,1-2H3,(H,20,22)/t15-/m0/s1. The normalized spacial score (nSPS) is 18.0. The van der Waals surface area contributed by atoms with E-state index >= 15 is 0 Å². The number of carbonyl (C=O) groups is 1. The SMILES string of the molecule is Cc1ccc2nc(C(=O)N3CCC[C@@H](Cc4[nH]ncc4C)C3)cn2c1. The summed E-state index contributed by atoms with van der Waals surface area (Å²) in [5, 5.41) is 7.18. The Morgan fingerprint density at radius 1 is 1.32 bits per heavy atom. The Bertz CT molecular complexity index is 910. The zero-order valence-corrected chi connectivity index (χ0v) is 14.7. The van der Waals surface area contributed by atoms with Gasteiger partial charge in [0.1, 0.15) is 11.3 Å². The van der Waals surface area contributed by atoms with E-state index < -0.39 is 0 Å². The van der Waals surface area contributed by atoms with E-state index in [9.17, 15) is 4.79 Å². The predicted molar refractivity (Wildman–Crippen MR) is 95.6 cm³/mol. The molecule has 1 fully saturated rings. The number of imidazole rings is 1. The predicted octanol–water partition coefficient (Wildman–Crippen LogP) is 2.77. The molecule has 0 unspecified atom stereocenters. The number of rotatable bonds is 3. The summed E-state index contributed by atoms with van der Waals surface area (Å²) in [4.78, 5) is 19.4. The maximum atomic E-state index is 12.9. The van der Waals surface area contributed by atoms with Crippen molar-refractivity contribution in [1.82, 2.24) is 24.5 Å². The van der Waals surface area contributed by atoms with Gasteiger partial charge in [-0.05, 0) is 56.2 Å². The van der Waals surface area contributed by atoms with Crippen LogP contribution in [0.15, 0.2) is 30.7 Å². The van der Waals surface area contributed by atoms with Crippen molar-refractivity contribution in [3.8, 4) is 0 Å². The fourth-order valence-electron chi connectivity index (χ4n) is 3.65. The fraction of sp³-hybridized carbons (Fsp3) is 0.421. The van der Waals surface area contributed by atoms with E-state index in [1.807, 2.05) is 46.9 Å². The van der Waals surface area contributed by atoms with Crippen molar-refractivity contribution >= 4 is 11.6 Å². The lowest BCUT2D eigenvalue weighted by Gasteiger charge is -2.32. The second kappa shape index (κ2) is 6.35. The highest BCUT2D eigenvalue weighted by atomic mass is 16.2. The Kier molecular flexibility index (Phi) is 4.03. The van der Waals surface area contributed by atoms with Crippen molar-refractivity contribution < 1.29 is 4.79 Å². The lowest BCUT2D eigenvalue weighted by Crippen LogP contribution is -2.40. The number of fused-ring (bicyclic) bond motifs is 1. The minimum absolute atomic E-state index is 0.0346. The van der Waals surface area contributed by atoms with Crippen LogP contribution in [-0.4, -0.2) is 43.5 Å². The largest absolute Gasteiger partial charge is 0.337 e. The van der Waals surface area contributed by atoms with Crippen molar-refractivity contribution in [3.63, 3.8) is 0 Å². The van der Waals surface area contributed by atoms with Crippen molar-refractivity contribution in [2.24, 2.45) is 5.92 Å². The van der Waals surface area contributed by atoms with E-state index in [1.165, 1.54) is 11.3 Å². The quantitative estimate of drug-likeness (QED) is 0.799. The van der Waals surface area contributed by atoms with Crippen molar-refractivity contribution in [2.75, 3.05) is 13.1 Å². The highest BCUT2D eigenvalue weighted by Crippen LogP contribution is 2.22. The first-order valence-electron chi connectivity index (χ1n) is 8.83. The molecule has 1 aliphatic rings. The number of piperidine rings is 1. The van der Waals surface area contributed by atoms with E-state index in [-0.39, 0.29) is 5.91 Å². The fourth-order valence-corrected chi connectivity index (χ4v) is 3.65. The number of nitrogens with zero attached hydrogens (tertiary/aromatic N) is 4. The number of H-pyrrole nitrogens is 1. The Morgan fingerprint density at radius 2 is 2.20 bits per heavy atom. The summed E-state index contributed by atoms with van der Waals surface area (Å²) >= 11 is 0. The topological polar surface area (TPSA) is 66.3 Å². The number of hydrogen-bond donors (Lipinski definition) is 1. The monoisotopic (exact) mass is 337 g/mol. The molecule has 1 saturated heterocycles. The molecule has 0 aliphatic carbocycles. The summed E-state index contributed by atoms with van der Waals surface area (Å²) in [6, 6.07) is 3.96. The number of likely N-dealkylation sites (tertiary alicyclic amines) is 1. The molecule has 4 rings (SSSR count). The van der Waals surface area contributed by atoms with E-state index in [4.69, 9.17) is 0 Å². The summed E-state index contributed by atoms with van der Waals surface area (Å²) in [6.07, 6.45) is 8.83. The van der Waals surface area contributed by atoms with Gasteiger partial charge in [0.15, 0.2) is 0 Å². The Balaban J connectivity index is 1.49. The van der Waals surface area contributed by atoms with E-state index in [0.29, 0.717) is 11.6 Å². The first-order chi connectivity index (χ1) is 12.1. The van der Waals surface area contributed by atoms with Crippen molar-refractivity contribution in [1.29, 1.82) is 0 Å². The first kappa shape index (κ1) is 15.9.